The van der Waals surface area contributed by atoms with Crippen molar-refractivity contribution in [2.45, 2.75) is 79.1 Å². The molecule has 0 aliphatic rings. The first-order chi connectivity index (χ1) is 9.20. The molecule has 0 saturated carbocycles. The Morgan fingerprint density at radius 3 is 1.50 bits per heavy atom. The minimum atomic E-state index is -1.91. The second-order valence-electron chi connectivity index (χ2n) is 6.60. The average molecular weight is 314 g/mol. The summed E-state index contributed by atoms with van der Waals surface area (Å²) in [6.45, 7) is 6.98. The second kappa shape index (κ2) is 12.9. The Bertz CT molecular complexity index is 313. The molecule has 0 unspecified atom stereocenters. The summed E-state index contributed by atoms with van der Waals surface area (Å²) in [5, 5.41) is 22.8. The summed E-state index contributed by atoms with van der Waals surface area (Å²) in [5.41, 5.74) is -2.83. The van der Waals surface area contributed by atoms with Crippen LogP contribution in [-0.2, 0) is 9.59 Å². The molecule has 0 aromatic heterocycles. The van der Waals surface area contributed by atoms with Gasteiger partial charge in [0.1, 0.15) is 0 Å². The van der Waals surface area contributed by atoms with Gasteiger partial charge in [-0.25, -0.2) is 0 Å². The quantitative estimate of drug-likeness (QED) is 0.232. The maximum Gasteiger partial charge on any atom is 1.00 e. The number of hydrogen-bond donors (Lipinski definition) is 0. The monoisotopic (exact) mass is 314 g/mol. The van der Waals surface area contributed by atoms with E-state index in [1.165, 1.54) is 19.3 Å². The molecule has 0 atom stereocenters. The Morgan fingerprint density at radius 1 is 0.818 bits per heavy atom. The van der Waals surface area contributed by atoms with E-state index >= 15 is 0 Å². The van der Waals surface area contributed by atoms with E-state index in [0.29, 0.717) is 6.42 Å². The maximum absolute atomic E-state index is 11.4. The molecule has 0 saturated heterocycles. The van der Waals surface area contributed by atoms with Crippen molar-refractivity contribution in [2.75, 3.05) is 0 Å². The third-order valence-electron chi connectivity index (χ3n) is 4.13. The van der Waals surface area contributed by atoms with Crippen LogP contribution in [0.2, 0.25) is 0 Å². The van der Waals surface area contributed by atoms with Gasteiger partial charge < -0.3 is 19.8 Å². The van der Waals surface area contributed by atoms with Crippen LogP contribution in [0.25, 0.3) is 0 Å². The van der Waals surface area contributed by atoms with Crippen molar-refractivity contribution in [3.8, 4) is 0 Å². The molecular weight excluding hydrogens is 286 g/mol. The molecule has 0 rings (SSSR count). The number of carboxylic acid groups (broad SMARTS) is 2. The van der Waals surface area contributed by atoms with Crippen molar-refractivity contribution in [3.05, 3.63) is 0 Å². The van der Waals surface area contributed by atoms with Gasteiger partial charge in [-0.05, 0) is 11.8 Å². The van der Waals surface area contributed by atoms with Gasteiger partial charge in [-0.2, -0.15) is 0 Å². The van der Waals surface area contributed by atoms with Crippen LogP contribution in [0.4, 0.5) is 0 Å². The molecule has 4 nitrogen and oxygen atoms in total. The summed E-state index contributed by atoms with van der Waals surface area (Å²) in [7, 11) is 0. The number of aliphatic carboxylic acids is 2. The zero-order valence-corrected chi connectivity index (χ0v) is 17.3. The van der Waals surface area contributed by atoms with Crippen LogP contribution in [0, 0.1) is 10.8 Å². The summed E-state index contributed by atoms with van der Waals surface area (Å²) < 4.78 is 0. The fourth-order valence-corrected chi connectivity index (χ4v) is 2.62. The number of rotatable bonds is 10. The third-order valence-corrected chi connectivity index (χ3v) is 4.13. The minimum Gasteiger partial charge on any atom is -0.549 e. The summed E-state index contributed by atoms with van der Waals surface area (Å²) in [5.74, 6) is -3.06. The molecular formula is C16H28LiNaO4. The Labute approximate surface area is 169 Å². The van der Waals surface area contributed by atoms with Crippen LogP contribution >= 0.6 is 0 Å². The summed E-state index contributed by atoms with van der Waals surface area (Å²) in [6.07, 6.45) is 7.21. The van der Waals surface area contributed by atoms with Gasteiger partial charge >= 0.3 is 48.4 Å². The van der Waals surface area contributed by atoms with E-state index in [4.69, 9.17) is 0 Å². The molecule has 0 aliphatic heterocycles. The summed E-state index contributed by atoms with van der Waals surface area (Å²) in [4.78, 5) is 22.8. The number of carbonyl (C=O) groups excluding carboxylic acids is 2. The first-order valence-corrected chi connectivity index (χ1v) is 7.63. The van der Waals surface area contributed by atoms with Gasteiger partial charge in [-0.1, -0.05) is 72.6 Å². The first kappa shape index (κ1) is 27.4. The molecule has 0 aromatic carbocycles. The molecule has 0 spiro atoms. The zero-order chi connectivity index (χ0) is 15.8. The molecule has 0 radical (unpaired) electrons. The predicted molar refractivity (Wildman–Crippen MR) is 74.5 cm³/mol. The standard InChI is InChI=1S/C16H30O4.Li.Na/c1-5-6-7-8-9-10-11-12-16(13(17)18,14(19)20)15(2,3)4;;/h5-12H2,1-4H3,(H,17,18)(H,19,20);;/q;2*+1/p-2. The zero-order valence-electron chi connectivity index (χ0n) is 15.3. The van der Waals surface area contributed by atoms with E-state index < -0.39 is 22.8 Å². The van der Waals surface area contributed by atoms with Crippen molar-refractivity contribution in [1.29, 1.82) is 0 Å². The van der Waals surface area contributed by atoms with E-state index in [1.54, 1.807) is 20.8 Å². The average Bonchev–Trinajstić information content (AvgIpc) is 2.30. The molecule has 22 heavy (non-hydrogen) atoms. The molecule has 0 N–H and O–H groups in total. The molecule has 0 aromatic rings. The van der Waals surface area contributed by atoms with Crippen molar-refractivity contribution >= 4 is 11.9 Å². The van der Waals surface area contributed by atoms with E-state index in [2.05, 4.69) is 6.92 Å². The van der Waals surface area contributed by atoms with E-state index in [9.17, 15) is 19.8 Å². The van der Waals surface area contributed by atoms with Crippen LogP contribution < -0.4 is 58.6 Å². The van der Waals surface area contributed by atoms with Gasteiger partial charge in [0.2, 0.25) is 0 Å². The van der Waals surface area contributed by atoms with Crippen LogP contribution in [0.3, 0.4) is 0 Å². The largest absolute Gasteiger partial charge is 1.00 e. The summed E-state index contributed by atoms with van der Waals surface area (Å²) >= 11 is 0. The number of carbonyl (C=O) groups is 2. The molecule has 6 heteroatoms. The van der Waals surface area contributed by atoms with Gasteiger partial charge in [0.05, 0.1) is 17.4 Å². The van der Waals surface area contributed by atoms with Crippen molar-refractivity contribution in [1.82, 2.24) is 0 Å². The van der Waals surface area contributed by atoms with Crippen molar-refractivity contribution < 1.29 is 68.2 Å². The first-order valence-electron chi connectivity index (χ1n) is 7.63. The number of unbranched alkanes of at least 4 members (excludes halogenated alkanes) is 6. The number of hydrogen-bond acceptors (Lipinski definition) is 4. The van der Waals surface area contributed by atoms with Crippen LogP contribution in [0.1, 0.15) is 79.1 Å². The van der Waals surface area contributed by atoms with Crippen LogP contribution in [-0.4, -0.2) is 11.9 Å². The van der Waals surface area contributed by atoms with Crippen LogP contribution in [0.5, 0.6) is 0 Å². The van der Waals surface area contributed by atoms with E-state index in [1.807, 2.05) is 0 Å². The SMILES string of the molecule is CCCCCCCCCC(C(=O)[O-])(C(=O)[O-])C(C)(C)C.[Li+].[Na+]. The van der Waals surface area contributed by atoms with Crippen molar-refractivity contribution in [3.63, 3.8) is 0 Å². The topological polar surface area (TPSA) is 80.3 Å². The van der Waals surface area contributed by atoms with Gasteiger partial charge in [-0.3, -0.25) is 0 Å². The molecule has 0 bridgehead atoms. The van der Waals surface area contributed by atoms with Crippen LogP contribution in [0.15, 0.2) is 0 Å². The molecule has 118 valence electrons. The Hall–Kier alpha value is 0.537. The Kier molecular flexibility index (Phi) is 16.1. The molecule has 0 heterocycles. The molecule has 0 aliphatic carbocycles. The fourth-order valence-electron chi connectivity index (χ4n) is 2.62. The second-order valence-corrected chi connectivity index (χ2v) is 6.60. The Morgan fingerprint density at radius 2 is 1.18 bits per heavy atom. The summed E-state index contributed by atoms with van der Waals surface area (Å²) in [6, 6.07) is 0. The molecule has 0 amide bonds. The molecule has 0 fully saturated rings. The smallest absolute Gasteiger partial charge is 0.549 e. The normalized spacial score (nSPS) is 11.3. The predicted octanol–water partition coefficient (Wildman–Crippen LogP) is -4.33. The van der Waals surface area contributed by atoms with Gasteiger partial charge in [0.15, 0.2) is 0 Å². The number of carboxylic acids is 2. The van der Waals surface area contributed by atoms with Gasteiger partial charge in [0, 0.05) is 0 Å². The van der Waals surface area contributed by atoms with E-state index in [0.717, 1.165) is 19.3 Å². The maximum atomic E-state index is 11.4. The van der Waals surface area contributed by atoms with Gasteiger partial charge in [0.25, 0.3) is 0 Å². The fraction of sp³-hybridized carbons (Fsp3) is 0.875. The van der Waals surface area contributed by atoms with E-state index in [-0.39, 0.29) is 54.8 Å². The van der Waals surface area contributed by atoms with Crippen molar-refractivity contribution in [2.24, 2.45) is 10.8 Å². The van der Waals surface area contributed by atoms with Gasteiger partial charge in [-0.15, -0.1) is 0 Å². The third kappa shape index (κ3) is 7.88. The Balaban J connectivity index is -0.00000180. The minimum absolute atomic E-state index is 0.